The Hall–Kier alpha value is -2.40. The number of halogens is 4. The van der Waals surface area contributed by atoms with Crippen molar-refractivity contribution in [3.05, 3.63) is 58.1 Å². The van der Waals surface area contributed by atoms with Crippen molar-refractivity contribution in [3.63, 3.8) is 0 Å². The van der Waals surface area contributed by atoms with Crippen LogP contribution in [0.5, 0.6) is 11.5 Å². The van der Waals surface area contributed by atoms with Gasteiger partial charge in [0.1, 0.15) is 21.5 Å². The number of nitrogens with zero attached hydrogens (tertiary/aromatic N) is 2. The monoisotopic (exact) mass is 501 g/mol. The van der Waals surface area contributed by atoms with Crippen LogP contribution in [0.3, 0.4) is 0 Å². The summed E-state index contributed by atoms with van der Waals surface area (Å²) in [5.41, 5.74) is 4.14. The third-order valence-electron chi connectivity index (χ3n) is 4.63. The predicted octanol–water partition coefficient (Wildman–Crippen LogP) is 5.28. The van der Waals surface area contributed by atoms with Crippen molar-refractivity contribution in [2.45, 2.75) is 31.5 Å². The van der Waals surface area contributed by atoms with E-state index in [1.54, 1.807) is 31.2 Å². The molecule has 0 aliphatic carbocycles. The summed E-state index contributed by atoms with van der Waals surface area (Å²) < 4.78 is 51.9. The normalized spacial score (nSPS) is 13.5. The maximum Gasteiger partial charge on any atom is 0.419 e. The molecule has 6 nitrogen and oxygen atoms in total. The number of nitrogens with two attached hydrogens (primary N) is 1. The van der Waals surface area contributed by atoms with Crippen LogP contribution in [-0.2, 0) is 11.7 Å². The average Bonchev–Trinajstić information content (AvgIpc) is 3.27. The molecule has 1 aromatic heterocycles. The van der Waals surface area contributed by atoms with Crippen LogP contribution < -0.4 is 15.2 Å². The highest BCUT2D eigenvalue weighted by atomic mass is 35.5. The van der Waals surface area contributed by atoms with E-state index in [4.69, 9.17) is 26.8 Å². The summed E-state index contributed by atoms with van der Waals surface area (Å²) in [5, 5.41) is 18.3. The van der Waals surface area contributed by atoms with E-state index in [9.17, 15) is 18.3 Å². The lowest BCUT2D eigenvalue weighted by atomic mass is 10.1. The lowest BCUT2D eigenvalue weighted by Crippen LogP contribution is -2.36. The molecule has 0 fully saturated rings. The second-order valence-corrected chi connectivity index (χ2v) is 8.97. The molecule has 0 aliphatic rings. The molecule has 0 spiro atoms. The van der Waals surface area contributed by atoms with Crippen molar-refractivity contribution in [1.29, 1.82) is 0 Å². The van der Waals surface area contributed by atoms with Crippen molar-refractivity contribution in [2.24, 2.45) is 5.73 Å². The number of aliphatic hydroxyl groups excluding tert-OH is 1. The number of aromatic nitrogens is 2. The molecule has 33 heavy (non-hydrogen) atoms. The molecule has 0 unspecified atom stereocenters. The maximum absolute atomic E-state index is 13.6. The van der Waals surface area contributed by atoms with Crippen LogP contribution >= 0.6 is 22.9 Å². The zero-order chi connectivity index (χ0) is 24.1. The molecule has 3 aromatic rings. The van der Waals surface area contributed by atoms with Gasteiger partial charge in [-0.15, -0.1) is 10.2 Å². The number of benzene rings is 2. The third-order valence-corrected chi connectivity index (χ3v) is 6.12. The van der Waals surface area contributed by atoms with Crippen molar-refractivity contribution in [2.75, 3.05) is 19.8 Å². The molecule has 3 N–H and O–H groups in total. The molecule has 3 rings (SSSR count). The summed E-state index contributed by atoms with van der Waals surface area (Å²) in [6.07, 6.45) is -3.50. The summed E-state index contributed by atoms with van der Waals surface area (Å²) in [6, 6.07) is 10.7. The topological polar surface area (TPSA) is 90.5 Å². The molecule has 2 aromatic carbocycles. The first kappa shape index (κ1) is 25.2. The predicted molar refractivity (Wildman–Crippen MR) is 121 cm³/mol. The maximum atomic E-state index is 13.6. The summed E-state index contributed by atoms with van der Waals surface area (Å²) in [7, 11) is 0. The van der Waals surface area contributed by atoms with Gasteiger partial charge in [-0.05, 0) is 56.2 Å². The van der Waals surface area contributed by atoms with Crippen LogP contribution in [0.25, 0.3) is 10.6 Å². The fraction of sp³-hybridized carbons (Fsp3) is 0.364. The van der Waals surface area contributed by atoms with Gasteiger partial charge in [-0.1, -0.05) is 29.0 Å². The minimum atomic E-state index is -4.61. The molecule has 1 heterocycles. The summed E-state index contributed by atoms with van der Waals surface area (Å²) in [5.74, 6) is 0.373. The quantitative estimate of drug-likeness (QED) is 0.367. The minimum absolute atomic E-state index is 0.103. The Morgan fingerprint density at radius 3 is 2.45 bits per heavy atom. The Balaban J connectivity index is 1.62. The van der Waals surface area contributed by atoms with E-state index in [1.807, 2.05) is 0 Å². The molecule has 0 saturated carbocycles. The molecule has 0 radical (unpaired) electrons. The Morgan fingerprint density at radius 2 is 1.79 bits per heavy atom. The van der Waals surface area contributed by atoms with Crippen LogP contribution in [0.4, 0.5) is 13.2 Å². The smallest absolute Gasteiger partial charge is 0.419 e. The van der Waals surface area contributed by atoms with Crippen LogP contribution in [0.15, 0.2) is 42.5 Å². The lowest BCUT2D eigenvalue weighted by molar-refractivity contribution is -0.138. The van der Waals surface area contributed by atoms with Gasteiger partial charge in [-0.25, -0.2) is 0 Å². The zero-order valence-corrected chi connectivity index (χ0v) is 19.3. The first-order chi connectivity index (χ1) is 15.6. The van der Waals surface area contributed by atoms with E-state index >= 15 is 0 Å². The number of hydrogen-bond acceptors (Lipinski definition) is 7. The Labute approximate surface area is 198 Å². The van der Waals surface area contributed by atoms with Crippen molar-refractivity contribution >= 4 is 22.9 Å². The van der Waals surface area contributed by atoms with E-state index < -0.39 is 17.3 Å². The molecular formula is C22H23ClF3N3O3S. The van der Waals surface area contributed by atoms with Crippen molar-refractivity contribution in [1.82, 2.24) is 10.2 Å². The highest BCUT2D eigenvalue weighted by molar-refractivity contribution is 7.14. The second kappa shape index (κ2) is 10.7. The second-order valence-electron chi connectivity index (χ2n) is 7.56. The van der Waals surface area contributed by atoms with Gasteiger partial charge in [0.2, 0.25) is 0 Å². The van der Waals surface area contributed by atoms with Gasteiger partial charge in [-0.2, -0.15) is 13.2 Å². The van der Waals surface area contributed by atoms with Gasteiger partial charge in [-0.3, -0.25) is 0 Å². The largest absolute Gasteiger partial charge is 0.494 e. The van der Waals surface area contributed by atoms with Crippen molar-refractivity contribution < 1.29 is 27.8 Å². The van der Waals surface area contributed by atoms with Gasteiger partial charge in [0, 0.05) is 10.6 Å². The standard InChI is InChI=1S/C22H23ClF3N3O3S/c1-21(27,13-30)20-29-28-19(33-20)14-7-8-18(17(11-14)22(24,25)26)32-10-3-2-9-31-16-6-4-5-15(23)12-16/h4-8,11-12,30H,2-3,9-10,13,27H2,1H3/t21-/m0/s1. The highest BCUT2D eigenvalue weighted by Gasteiger charge is 2.35. The molecular weight excluding hydrogens is 479 g/mol. The number of alkyl halides is 3. The number of unbranched alkanes of at least 4 members (excludes halogenated alkanes) is 1. The van der Waals surface area contributed by atoms with Gasteiger partial charge >= 0.3 is 6.18 Å². The fourth-order valence-electron chi connectivity index (χ4n) is 2.78. The lowest BCUT2D eigenvalue weighted by Gasteiger charge is -2.17. The Bertz CT molecular complexity index is 1080. The summed E-state index contributed by atoms with van der Waals surface area (Å²) in [6.45, 7) is 1.69. The summed E-state index contributed by atoms with van der Waals surface area (Å²) in [4.78, 5) is 0. The number of ether oxygens (including phenoxy) is 2. The highest BCUT2D eigenvalue weighted by Crippen LogP contribution is 2.39. The molecule has 11 heteroatoms. The Morgan fingerprint density at radius 1 is 1.06 bits per heavy atom. The Kier molecular flexibility index (Phi) is 8.17. The minimum Gasteiger partial charge on any atom is -0.494 e. The molecule has 0 amide bonds. The first-order valence-electron chi connectivity index (χ1n) is 10.1. The van der Waals surface area contributed by atoms with E-state index in [-0.39, 0.29) is 29.5 Å². The van der Waals surface area contributed by atoms with Gasteiger partial charge in [0.05, 0.1) is 30.9 Å². The molecule has 0 aliphatic heterocycles. The van der Waals surface area contributed by atoms with Crippen LogP contribution in [0, 0.1) is 0 Å². The molecule has 0 bridgehead atoms. The average molecular weight is 502 g/mol. The SMILES string of the molecule is C[C@](N)(CO)c1nnc(-c2ccc(OCCCCOc3cccc(Cl)c3)c(C(F)(F)F)c2)s1. The van der Waals surface area contributed by atoms with E-state index in [0.717, 1.165) is 17.4 Å². The van der Waals surface area contributed by atoms with Gasteiger partial charge in [0.25, 0.3) is 0 Å². The van der Waals surface area contributed by atoms with Crippen LogP contribution in [0.2, 0.25) is 5.02 Å². The molecule has 178 valence electrons. The van der Waals surface area contributed by atoms with Crippen molar-refractivity contribution in [3.8, 4) is 22.1 Å². The molecule has 1 atom stereocenters. The number of aliphatic hydroxyl groups is 1. The van der Waals surface area contributed by atoms with Crippen LogP contribution in [-0.4, -0.2) is 35.1 Å². The molecule has 0 saturated heterocycles. The van der Waals surface area contributed by atoms with E-state index in [2.05, 4.69) is 10.2 Å². The third kappa shape index (κ3) is 6.80. The zero-order valence-electron chi connectivity index (χ0n) is 17.7. The van der Waals surface area contributed by atoms with Crippen LogP contribution in [0.1, 0.15) is 30.3 Å². The van der Waals surface area contributed by atoms with E-state index in [1.165, 1.54) is 12.1 Å². The number of rotatable bonds is 10. The van der Waals surface area contributed by atoms with E-state index in [0.29, 0.717) is 35.2 Å². The fourth-order valence-corrected chi connectivity index (χ4v) is 3.85. The van der Waals surface area contributed by atoms with Gasteiger partial charge < -0.3 is 20.3 Å². The summed E-state index contributed by atoms with van der Waals surface area (Å²) >= 11 is 6.92. The number of hydrogen-bond donors (Lipinski definition) is 2. The first-order valence-corrected chi connectivity index (χ1v) is 11.3. The van der Waals surface area contributed by atoms with Gasteiger partial charge in [0.15, 0.2) is 0 Å².